The van der Waals surface area contributed by atoms with Gasteiger partial charge in [-0.25, -0.2) is 0 Å². The molecule has 1 aromatic rings. The van der Waals surface area contributed by atoms with Crippen LogP contribution >= 0.6 is 0 Å². The first-order valence-electron chi connectivity index (χ1n) is 6.83. The summed E-state index contributed by atoms with van der Waals surface area (Å²) in [6, 6.07) is 7.50. The molecule has 0 saturated heterocycles. The van der Waals surface area contributed by atoms with Crippen molar-refractivity contribution < 1.29 is 9.53 Å². The molecule has 0 saturated carbocycles. The zero-order valence-electron chi connectivity index (χ0n) is 12.7. The fourth-order valence-electron chi connectivity index (χ4n) is 1.96. The molecule has 1 rings (SSSR count). The topological polar surface area (TPSA) is 67.6 Å². The molecule has 2 unspecified atom stereocenters. The van der Waals surface area contributed by atoms with Crippen molar-refractivity contribution in [1.82, 2.24) is 10.2 Å². The number of nitrogens with zero attached hydrogens (tertiary/aromatic N) is 1. The molecule has 0 aliphatic rings. The highest BCUT2D eigenvalue weighted by Crippen LogP contribution is 2.22. The van der Waals surface area contributed by atoms with Gasteiger partial charge < -0.3 is 20.7 Å². The van der Waals surface area contributed by atoms with Crippen molar-refractivity contribution in [2.45, 2.75) is 25.4 Å². The second-order valence-electron chi connectivity index (χ2n) is 5.02. The number of rotatable bonds is 7. The van der Waals surface area contributed by atoms with Crippen molar-refractivity contribution in [3.63, 3.8) is 0 Å². The van der Waals surface area contributed by atoms with Gasteiger partial charge in [0.25, 0.3) is 0 Å². The lowest BCUT2D eigenvalue weighted by molar-refractivity contribution is -0.122. The number of hydrogen-bond acceptors (Lipinski definition) is 4. The molecule has 0 radical (unpaired) electrons. The smallest absolute Gasteiger partial charge is 0.236 e. The zero-order valence-corrected chi connectivity index (χ0v) is 12.7. The number of carbonyl (C=O) groups is 1. The molecule has 0 aliphatic heterocycles. The summed E-state index contributed by atoms with van der Waals surface area (Å²) in [6.45, 7) is 2.42. The minimum absolute atomic E-state index is 0.0816. The first-order chi connectivity index (χ1) is 9.49. The molecule has 112 valence electrons. The molecule has 3 N–H and O–H groups in total. The van der Waals surface area contributed by atoms with Crippen LogP contribution < -0.4 is 15.8 Å². The quantitative estimate of drug-likeness (QED) is 0.786. The molecule has 0 aromatic heterocycles. The lowest BCUT2D eigenvalue weighted by atomic mass is 10.1. The number of amides is 1. The number of nitrogens with one attached hydrogen (secondary N) is 1. The van der Waals surface area contributed by atoms with E-state index < -0.39 is 6.04 Å². The molecule has 0 aliphatic carbocycles. The predicted octanol–water partition coefficient (Wildman–Crippen LogP) is 1.15. The van der Waals surface area contributed by atoms with Crippen molar-refractivity contribution in [3.8, 4) is 5.75 Å². The molecule has 20 heavy (non-hydrogen) atoms. The van der Waals surface area contributed by atoms with Crippen LogP contribution in [0.1, 0.15) is 24.9 Å². The lowest BCUT2D eigenvalue weighted by Crippen LogP contribution is -2.43. The molecular formula is C15H25N3O2. The SMILES string of the molecule is CCC(N)C(=O)NCC(c1cccc(OC)c1)N(C)C. The highest BCUT2D eigenvalue weighted by atomic mass is 16.5. The Bertz CT molecular complexity index is 435. The maximum absolute atomic E-state index is 11.8. The highest BCUT2D eigenvalue weighted by molar-refractivity contribution is 5.81. The van der Waals surface area contributed by atoms with Crippen LogP contribution in [0.5, 0.6) is 5.75 Å². The molecule has 1 amide bonds. The molecular weight excluding hydrogens is 254 g/mol. The van der Waals surface area contributed by atoms with Gasteiger partial charge in [0, 0.05) is 6.54 Å². The summed E-state index contributed by atoms with van der Waals surface area (Å²) >= 11 is 0. The Balaban J connectivity index is 2.76. The van der Waals surface area contributed by atoms with E-state index in [1.165, 1.54) is 0 Å². The van der Waals surface area contributed by atoms with Crippen LogP contribution in [0, 0.1) is 0 Å². The van der Waals surface area contributed by atoms with Gasteiger partial charge in [-0.1, -0.05) is 19.1 Å². The molecule has 5 heteroatoms. The van der Waals surface area contributed by atoms with Crippen LogP contribution in [0.3, 0.4) is 0 Å². The number of carbonyl (C=O) groups excluding carboxylic acids is 1. The molecule has 0 heterocycles. The predicted molar refractivity (Wildman–Crippen MR) is 80.7 cm³/mol. The number of methoxy groups -OCH3 is 1. The summed E-state index contributed by atoms with van der Waals surface area (Å²) in [5.74, 6) is 0.702. The monoisotopic (exact) mass is 279 g/mol. The third-order valence-electron chi connectivity index (χ3n) is 3.35. The van der Waals surface area contributed by atoms with E-state index in [0.29, 0.717) is 13.0 Å². The van der Waals surface area contributed by atoms with Crippen LogP contribution in [0.25, 0.3) is 0 Å². The average molecular weight is 279 g/mol. The number of likely N-dealkylation sites (N-methyl/N-ethyl adjacent to an activating group) is 1. The van der Waals surface area contributed by atoms with Crippen LogP contribution in [0.4, 0.5) is 0 Å². The third-order valence-corrected chi connectivity index (χ3v) is 3.35. The Morgan fingerprint density at radius 2 is 2.15 bits per heavy atom. The minimum atomic E-state index is -0.442. The van der Waals surface area contributed by atoms with Gasteiger partial charge in [-0.15, -0.1) is 0 Å². The first-order valence-corrected chi connectivity index (χ1v) is 6.83. The summed E-state index contributed by atoms with van der Waals surface area (Å²) < 4.78 is 5.24. The minimum Gasteiger partial charge on any atom is -0.497 e. The zero-order chi connectivity index (χ0) is 15.1. The van der Waals surface area contributed by atoms with E-state index in [-0.39, 0.29) is 11.9 Å². The van der Waals surface area contributed by atoms with Crippen LogP contribution in [-0.4, -0.2) is 44.6 Å². The number of benzene rings is 1. The summed E-state index contributed by atoms with van der Waals surface area (Å²) in [5.41, 5.74) is 6.81. The molecule has 0 bridgehead atoms. The normalized spacial score (nSPS) is 13.9. The van der Waals surface area contributed by atoms with Crippen molar-refractivity contribution in [3.05, 3.63) is 29.8 Å². The van der Waals surface area contributed by atoms with E-state index in [1.54, 1.807) is 7.11 Å². The van der Waals surface area contributed by atoms with Crippen molar-refractivity contribution >= 4 is 5.91 Å². The third kappa shape index (κ3) is 4.51. The van der Waals surface area contributed by atoms with Crippen LogP contribution in [-0.2, 0) is 4.79 Å². The van der Waals surface area contributed by atoms with Gasteiger partial charge in [-0.2, -0.15) is 0 Å². The Hall–Kier alpha value is -1.59. The second-order valence-corrected chi connectivity index (χ2v) is 5.02. The van der Waals surface area contributed by atoms with Crippen molar-refractivity contribution in [2.75, 3.05) is 27.7 Å². The van der Waals surface area contributed by atoms with Crippen LogP contribution in [0.15, 0.2) is 24.3 Å². The molecule has 0 fully saturated rings. The van der Waals surface area contributed by atoms with Gasteiger partial charge in [-0.3, -0.25) is 4.79 Å². The van der Waals surface area contributed by atoms with E-state index in [4.69, 9.17) is 10.5 Å². The second kappa shape index (κ2) is 7.87. The number of ether oxygens (including phenoxy) is 1. The Morgan fingerprint density at radius 1 is 1.45 bits per heavy atom. The van der Waals surface area contributed by atoms with Gasteiger partial charge in [0.2, 0.25) is 5.91 Å². The largest absolute Gasteiger partial charge is 0.497 e. The lowest BCUT2D eigenvalue weighted by Gasteiger charge is -2.26. The standard InChI is InChI=1S/C15H25N3O2/c1-5-13(16)15(19)17-10-14(18(2)3)11-7-6-8-12(9-11)20-4/h6-9,13-14H,5,10,16H2,1-4H3,(H,17,19). The maximum atomic E-state index is 11.8. The van der Waals surface area contributed by atoms with E-state index in [2.05, 4.69) is 10.2 Å². The van der Waals surface area contributed by atoms with Gasteiger partial charge >= 0.3 is 0 Å². The number of nitrogens with two attached hydrogens (primary N) is 1. The highest BCUT2D eigenvalue weighted by Gasteiger charge is 2.17. The maximum Gasteiger partial charge on any atom is 0.236 e. The fraction of sp³-hybridized carbons (Fsp3) is 0.533. The molecule has 1 aromatic carbocycles. The molecule has 0 spiro atoms. The Labute approximate surface area is 121 Å². The molecule has 2 atom stereocenters. The van der Waals surface area contributed by atoms with E-state index in [0.717, 1.165) is 11.3 Å². The Morgan fingerprint density at radius 3 is 2.70 bits per heavy atom. The first kappa shape index (κ1) is 16.5. The fourth-order valence-corrected chi connectivity index (χ4v) is 1.96. The Kier molecular flexibility index (Phi) is 6.48. The summed E-state index contributed by atoms with van der Waals surface area (Å²) in [7, 11) is 5.61. The number of hydrogen-bond donors (Lipinski definition) is 2. The molecule has 5 nitrogen and oxygen atoms in total. The van der Waals surface area contributed by atoms with E-state index in [9.17, 15) is 4.79 Å². The van der Waals surface area contributed by atoms with Gasteiger partial charge in [0.1, 0.15) is 5.75 Å². The van der Waals surface area contributed by atoms with Crippen molar-refractivity contribution in [1.29, 1.82) is 0 Å². The van der Waals surface area contributed by atoms with Gasteiger partial charge in [0.05, 0.1) is 19.2 Å². The van der Waals surface area contributed by atoms with Gasteiger partial charge in [-0.05, 0) is 38.2 Å². The summed E-state index contributed by atoms with van der Waals surface area (Å²) in [6.07, 6.45) is 0.637. The van der Waals surface area contributed by atoms with Crippen LogP contribution in [0.2, 0.25) is 0 Å². The van der Waals surface area contributed by atoms with E-state index in [1.807, 2.05) is 45.3 Å². The van der Waals surface area contributed by atoms with Gasteiger partial charge in [0.15, 0.2) is 0 Å². The average Bonchev–Trinajstić information content (AvgIpc) is 2.46. The van der Waals surface area contributed by atoms with Crippen molar-refractivity contribution in [2.24, 2.45) is 5.73 Å². The summed E-state index contributed by atoms with van der Waals surface area (Å²) in [5, 5.41) is 2.90. The summed E-state index contributed by atoms with van der Waals surface area (Å²) in [4.78, 5) is 13.8. The van der Waals surface area contributed by atoms with E-state index >= 15 is 0 Å².